The number of carbonyl (C=O) groups excluding carboxylic acids is 1. The Hall–Kier alpha value is -3.00. The third-order valence-electron chi connectivity index (χ3n) is 5.59. The Balaban J connectivity index is 1.50. The summed E-state index contributed by atoms with van der Waals surface area (Å²) in [5.74, 6) is 1.91. The van der Waals surface area contributed by atoms with Crippen LogP contribution >= 0.6 is 11.8 Å². The summed E-state index contributed by atoms with van der Waals surface area (Å²) in [5, 5.41) is 8.99. The zero-order valence-corrected chi connectivity index (χ0v) is 18.8. The van der Waals surface area contributed by atoms with Gasteiger partial charge in [0.05, 0.1) is 31.7 Å². The molecule has 3 aromatic rings. The number of hydrogen-bond acceptors (Lipinski definition) is 6. The summed E-state index contributed by atoms with van der Waals surface area (Å²) in [7, 11) is 3.30. The molecule has 1 atom stereocenters. The Labute approximate surface area is 186 Å². The molecule has 0 N–H and O–H groups in total. The molecule has 2 aromatic carbocycles. The van der Waals surface area contributed by atoms with Gasteiger partial charge in [-0.3, -0.25) is 9.36 Å². The van der Waals surface area contributed by atoms with E-state index in [1.165, 1.54) is 11.8 Å². The van der Waals surface area contributed by atoms with E-state index >= 15 is 0 Å². The van der Waals surface area contributed by atoms with Crippen LogP contribution in [0.15, 0.2) is 53.9 Å². The molecule has 0 spiro atoms. The molecule has 7 nitrogen and oxygen atoms in total. The molecule has 1 aliphatic heterocycles. The maximum absolute atomic E-state index is 13.2. The summed E-state index contributed by atoms with van der Waals surface area (Å²) >= 11 is 1.41. The quantitative estimate of drug-likeness (QED) is 0.519. The number of methoxy groups -OCH3 is 2. The minimum Gasteiger partial charge on any atom is -0.497 e. The molecule has 4 rings (SSSR count). The average Bonchev–Trinajstić information content (AvgIpc) is 3.47. The van der Waals surface area contributed by atoms with Gasteiger partial charge < -0.3 is 14.4 Å². The number of thioether (sulfide) groups is 1. The zero-order chi connectivity index (χ0) is 21.8. The molecule has 1 aromatic heterocycles. The Kier molecular flexibility index (Phi) is 6.46. The number of likely N-dealkylation sites (tertiary alicyclic amines) is 1. The first-order valence-corrected chi connectivity index (χ1v) is 11.2. The van der Waals surface area contributed by atoms with Crippen LogP contribution in [-0.4, -0.2) is 52.1 Å². The normalized spacial score (nSPS) is 15.8. The van der Waals surface area contributed by atoms with Gasteiger partial charge in [0.2, 0.25) is 5.91 Å². The van der Waals surface area contributed by atoms with Crippen LogP contribution in [0.1, 0.15) is 30.0 Å². The summed E-state index contributed by atoms with van der Waals surface area (Å²) in [4.78, 5) is 15.1. The van der Waals surface area contributed by atoms with Crippen molar-refractivity contribution in [2.45, 2.75) is 31.0 Å². The molecule has 1 amide bonds. The summed E-state index contributed by atoms with van der Waals surface area (Å²) in [5.41, 5.74) is 3.13. The fourth-order valence-electron chi connectivity index (χ4n) is 4.02. The van der Waals surface area contributed by atoms with E-state index in [1.807, 2.05) is 58.9 Å². The van der Waals surface area contributed by atoms with Gasteiger partial charge in [-0.1, -0.05) is 30.0 Å². The fraction of sp³-hybridized carbons (Fsp3) is 0.348. The topological polar surface area (TPSA) is 69.5 Å². The van der Waals surface area contributed by atoms with E-state index in [4.69, 9.17) is 9.47 Å². The van der Waals surface area contributed by atoms with Gasteiger partial charge in [0, 0.05) is 12.1 Å². The molecule has 31 heavy (non-hydrogen) atoms. The van der Waals surface area contributed by atoms with E-state index in [1.54, 1.807) is 20.5 Å². The predicted molar refractivity (Wildman–Crippen MR) is 120 cm³/mol. The SMILES string of the molecule is COc1ccc(OC)c([C@H]2CCCN2C(=O)CSc2nncn2-c2ccccc2C)c1. The number of amides is 1. The fourth-order valence-corrected chi connectivity index (χ4v) is 4.83. The lowest BCUT2D eigenvalue weighted by Crippen LogP contribution is -2.32. The van der Waals surface area contributed by atoms with Crippen LogP contribution in [0.2, 0.25) is 0 Å². The van der Waals surface area contributed by atoms with Gasteiger partial charge in [0.1, 0.15) is 17.8 Å². The van der Waals surface area contributed by atoms with Gasteiger partial charge in [0.15, 0.2) is 5.16 Å². The number of carbonyl (C=O) groups is 1. The molecule has 0 bridgehead atoms. The van der Waals surface area contributed by atoms with E-state index in [2.05, 4.69) is 10.2 Å². The first kappa shape index (κ1) is 21.2. The van der Waals surface area contributed by atoms with E-state index in [-0.39, 0.29) is 11.9 Å². The summed E-state index contributed by atoms with van der Waals surface area (Å²) in [6.07, 6.45) is 3.55. The first-order valence-electron chi connectivity index (χ1n) is 10.2. The third kappa shape index (κ3) is 4.39. The van der Waals surface area contributed by atoms with Gasteiger partial charge in [-0.15, -0.1) is 10.2 Å². The summed E-state index contributed by atoms with van der Waals surface area (Å²) < 4.78 is 12.9. The number of ether oxygens (including phenoxy) is 2. The van der Waals surface area contributed by atoms with Crippen molar-refractivity contribution < 1.29 is 14.3 Å². The van der Waals surface area contributed by atoms with Crippen LogP contribution in [0.25, 0.3) is 5.69 Å². The van der Waals surface area contributed by atoms with Crippen LogP contribution in [0.5, 0.6) is 11.5 Å². The lowest BCUT2D eigenvalue weighted by atomic mass is 10.0. The largest absolute Gasteiger partial charge is 0.497 e. The van der Waals surface area contributed by atoms with Crippen LogP contribution in [0.3, 0.4) is 0 Å². The third-order valence-corrected chi connectivity index (χ3v) is 6.51. The number of para-hydroxylation sites is 1. The molecule has 0 saturated carbocycles. The second-order valence-corrected chi connectivity index (χ2v) is 8.35. The van der Waals surface area contributed by atoms with Gasteiger partial charge in [-0.2, -0.15) is 0 Å². The number of hydrogen-bond donors (Lipinski definition) is 0. The van der Waals surface area contributed by atoms with Crippen molar-refractivity contribution in [3.8, 4) is 17.2 Å². The van der Waals surface area contributed by atoms with Crippen LogP contribution in [0, 0.1) is 6.92 Å². The number of nitrogens with zero attached hydrogens (tertiary/aromatic N) is 4. The van der Waals surface area contributed by atoms with Gasteiger partial charge >= 0.3 is 0 Å². The predicted octanol–water partition coefficient (Wildman–Crippen LogP) is 4.05. The molecular formula is C23H26N4O3S. The first-order chi connectivity index (χ1) is 15.1. The molecule has 8 heteroatoms. The van der Waals surface area contributed by atoms with E-state index in [9.17, 15) is 4.79 Å². The Bertz CT molecular complexity index is 1070. The summed E-state index contributed by atoms with van der Waals surface area (Å²) in [6.45, 7) is 2.78. The van der Waals surface area contributed by atoms with Crippen molar-refractivity contribution in [1.82, 2.24) is 19.7 Å². The van der Waals surface area contributed by atoms with Crippen molar-refractivity contribution >= 4 is 17.7 Å². The number of aromatic nitrogens is 3. The summed E-state index contributed by atoms with van der Waals surface area (Å²) in [6, 6.07) is 13.8. The van der Waals surface area contributed by atoms with Gasteiger partial charge in [0.25, 0.3) is 0 Å². The molecular weight excluding hydrogens is 412 g/mol. The molecule has 0 unspecified atom stereocenters. The van der Waals surface area contributed by atoms with E-state index in [0.29, 0.717) is 10.9 Å². The molecule has 162 valence electrons. The monoisotopic (exact) mass is 438 g/mol. The van der Waals surface area contributed by atoms with Crippen molar-refractivity contribution in [3.63, 3.8) is 0 Å². The standard InChI is InChI=1S/C23H26N4O3S/c1-16-7-4-5-8-19(16)27-15-24-25-23(27)31-14-22(28)26-12-6-9-20(26)18-13-17(29-2)10-11-21(18)30-3/h4-5,7-8,10-11,13,15,20H,6,9,12,14H2,1-3H3/t20-/m1/s1. The molecule has 0 radical (unpaired) electrons. The molecule has 1 saturated heterocycles. The van der Waals surface area contributed by atoms with E-state index < -0.39 is 0 Å². The average molecular weight is 439 g/mol. The zero-order valence-electron chi connectivity index (χ0n) is 17.9. The van der Waals surface area contributed by atoms with Gasteiger partial charge in [-0.25, -0.2) is 0 Å². The highest BCUT2D eigenvalue weighted by atomic mass is 32.2. The Morgan fingerprint density at radius 3 is 2.81 bits per heavy atom. The smallest absolute Gasteiger partial charge is 0.233 e. The van der Waals surface area contributed by atoms with Crippen molar-refractivity contribution in [1.29, 1.82) is 0 Å². The lowest BCUT2D eigenvalue weighted by Gasteiger charge is -2.26. The van der Waals surface area contributed by atoms with Crippen molar-refractivity contribution in [2.24, 2.45) is 0 Å². The molecule has 2 heterocycles. The van der Waals surface area contributed by atoms with Crippen LogP contribution in [0.4, 0.5) is 0 Å². The Morgan fingerprint density at radius 1 is 1.19 bits per heavy atom. The lowest BCUT2D eigenvalue weighted by molar-refractivity contribution is -0.129. The molecule has 1 fully saturated rings. The molecule has 1 aliphatic rings. The Morgan fingerprint density at radius 2 is 2.03 bits per heavy atom. The maximum atomic E-state index is 13.2. The highest BCUT2D eigenvalue weighted by Crippen LogP contribution is 2.39. The van der Waals surface area contributed by atoms with Crippen molar-refractivity contribution in [2.75, 3.05) is 26.5 Å². The highest BCUT2D eigenvalue weighted by Gasteiger charge is 2.32. The minimum absolute atomic E-state index is 0.0209. The van der Waals surface area contributed by atoms with Gasteiger partial charge in [-0.05, 0) is 49.6 Å². The minimum atomic E-state index is -0.0209. The van der Waals surface area contributed by atoms with Crippen LogP contribution < -0.4 is 9.47 Å². The van der Waals surface area contributed by atoms with E-state index in [0.717, 1.165) is 47.7 Å². The second-order valence-electron chi connectivity index (χ2n) is 7.41. The number of rotatable bonds is 7. The molecule has 0 aliphatic carbocycles. The van der Waals surface area contributed by atoms with Crippen molar-refractivity contribution in [3.05, 3.63) is 59.9 Å². The number of benzene rings is 2. The number of aryl methyl sites for hydroxylation is 1. The highest BCUT2D eigenvalue weighted by molar-refractivity contribution is 7.99. The maximum Gasteiger partial charge on any atom is 0.233 e. The second kappa shape index (κ2) is 9.43. The van der Waals surface area contributed by atoms with Crippen LogP contribution in [-0.2, 0) is 4.79 Å².